The molecule has 16 heteroatoms. The molecule has 0 radical (unpaired) electrons. The minimum absolute atomic E-state index is 0.237. The molecule has 1 amide bonds. The summed E-state index contributed by atoms with van der Waals surface area (Å²) >= 11 is 0. The van der Waals surface area contributed by atoms with Crippen molar-refractivity contribution < 1.29 is 49.4 Å². The Morgan fingerprint density at radius 2 is 1.54 bits per heavy atom. The Morgan fingerprint density at radius 3 is 2.07 bits per heavy atom. The topological polar surface area (TPSA) is 87.4 Å². The van der Waals surface area contributed by atoms with Gasteiger partial charge in [-0.15, -0.1) is 13.2 Å². The first-order chi connectivity index (χ1) is 19.1. The number of carbonyl (C=O) groups excluding carboxylic acids is 1. The molecule has 0 unspecified atom stereocenters. The molecule has 4 aromatic rings. The molecule has 0 saturated heterocycles. The lowest BCUT2D eigenvalue weighted by Gasteiger charge is -2.13. The van der Waals surface area contributed by atoms with E-state index in [9.17, 15) is 35.9 Å². The lowest BCUT2D eigenvalue weighted by molar-refractivity contribution is -0.274. The Kier molecular flexibility index (Phi) is 7.52. The maximum atomic E-state index is 15.1. The van der Waals surface area contributed by atoms with Crippen LogP contribution in [0.4, 0.5) is 40.8 Å². The van der Waals surface area contributed by atoms with Crippen molar-refractivity contribution in [2.75, 3.05) is 12.4 Å². The zero-order valence-electron chi connectivity index (χ0n) is 20.7. The summed E-state index contributed by atoms with van der Waals surface area (Å²) in [6.07, 6.45) is -9.90. The lowest BCUT2D eigenvalue weighted by atomic mass is 10.1. The Balaban J connectivity index is 1.88. The van der Waals surface area contributed by atoms with Gasteiger partial charge in [-0.2, -0.15) is 17.9 Å². The molecule has 41 heavy (non-hydrogen) atoms. The quantitative estimate of drug-likeness (QED) is 0.293. The molecule has 0 saturated carbocycles. The van der Waals surface area contributed by atoms with E-state index in [-0.39, 0.29) is 11.3 Å². The standard InChI is InChI=1S/C25H16F8N4O4/c1-36-21(19-15(26)10-14(40-2)11-16(19)27)20(23(39)37(36)18-5-3-4-17(34-18)24(28,29)30)35-22(38)12-6-8-13(9-7-12)41-25(31,32)33/h3-11H,1-2H3,(H,35,38). The largest absolute Gasteiger partial charge is 0.573 e. The van der Waals surface area contributed by atoms with E-state index in [0.717, 1.165) is 67.4 Å². The Bertz CT molecular complexity index is 1650. The van der Waals surface area contributed by atoms with Crippen molar-refractivity contribution >= 4 is 11.6 Å². The zero-order valence-corrected chi connectivity index (χ0v) is 20.7. The fourth-order valence-electron chi connectivity index (χ4n) is 3.85. The molecule has 2 aromatic heterocycles. The maximum Gasteiger partial charge on any atom is 0.573 e. The molecular weight excluding hydrogens is 572 g/mol. The third-order valence-corrected chi connectivity index (χ3v) is 5.59. The highest BCUT2D eigenvalue weighted by molar-refractivity contribution is 6.06. The van der Waals surface area contributed by atoms with Crippen LogP contribution in [-0.2, 0) is 13.2 Å². The molecule has 2 aromatic carbocycles. The van der Waals surface area contributed by atoms with Gasteiger partial charge in [0.15, 0.2) is 5.82 Å². The number of pyridine rings is 1. The van der Waals surface area contributed by atoms with Crippen LogP contribution in [0.2, 0.25) is 0 Å². The molecule has 4 rings (SSSR count). The molecule has 0 fully saturated rings. The summed E-state index contributed by atoms with van der Waals surface area (Å²) in [6.45, 7) is 0. The number of aromatic nitrogens is 3. The van der Waals surface area contributed by atoms with Gasteiger partial charge in [0, 0.05) is 24.7 Å². The van der Waals surface area contributed by atoms with E-state index in [2.05, 4.69) is 15.0 Å². The summed E-state index contributed by atoms with van der Waals surface area (Å²) in [5.74, 6) is -5.11. The lowest BCUT2D eigenvalue weighted by Crippen LogP contribution is -2.24. The second-order valence-electron chi connectivity index (χ2n) is 8.24. The van der Waals surface area contributed by atoms with E-state index in [1.165, 1.54) is 0 Å². The van der Waals surface area contributed by atoms with Crippen LogP contribution < -0.4 is 20.3 Å². The van der Waals surface area contributed by atoms with Crippen molar-refractivity contribution in [1.29, 1.82) is 0 Å². The van der Waals surface area contributed by atoms with Crippen LogP contribution in [0.1, 0.15) is 16.1 Å². The number of hydrogen-bond donors (Lipinski definition) is 1. The smallest absolute Gasteiger partial charge is 0.497 e. The van der Waals surface area contributed by atoms with E-state index >= 15 is 8.78 Å². The Hall–Kier alpha value is -4.89. The van der Waals surface area contributed by atoms with Crippen molar-refractivity contribution in [1.82, 2.24) is 14.3 Å². The SMILES string of the molecule is COc1cc(F)c(-c2c(NC(=O)c3ccc(OC(F)(F)F)cc3)c(=O)n(-c3cccc(C(F)(F)F)n3)n2C)c(F)c1. The number of anilines is 1. The summed E-state index contributed by atoms with van der Waals surface area (Å²) in [7, 11) is 2.22. The van der Waals surface area contributed by atoms with Gasteiger partial charge in [-0.1, -0.05) is 6.07 Å². The number of halogens is 8. The van der Waals surface area contributed by atoms with E-state index in [1.807, 2.05) is 0 Å². The van der Waals surface area contributed by atoms with Crippen LogP contribution in [0.15, 0.2) is 59.4 Å². The minimum Gasteiger partial charge on any atom is -0.497 e. The van der Waals surface area contributed by atoms with E-state index in [0.29, 0.717) is 10.7 Å². The number of methoxy groups -OCH3 is 1. The molecule has 2 heterocycles. The van der Waals surface area contributed by atoms with Crippen LogP contribution in [0.3, 0.4) is 0 Å². The normalized spacial score (nSPS) is 11.9. The van der Waals surface area contributed by atoms with Crippen LogP contribution in [0.5, 0.6) is 11.5 Å². The minimum atomic E-state index is -5.00. The molecule has 0 spiro atoms. The van der Waals surface area contributed by atoms with Gasteiger partial charge in [-0.25, -0.2) is 13.8 Å². The van der Waals surface area contributed by atoms with E-state index < -0.39 is 69.8 Å². The number of benzene rings is 2. The van der Waals surface area contributed by atoms with Gasteiger partial charge < -0.3 is 14.8 Å². The Morgan fingerprint density at radius 1 is 0.927 bits per heavy atom. The second-order valence-corrected chi connectivity index (χ2v) is 8.24. The zero-order chi connectivity index (χ0) is 30.3. The van der Waals surface area contributed by atoms with E-state index in [1.54, 1.807) is 0 Å². The molecular formula is C25H16F8N4O4. The van der Waals surface area contributed by atoms with Gasteiger partial charge in [0.05, 0.1) is 12.7 Å². The number of carbonyl (C=O) groups is 1. The molecule has 0 aliphatic carbocycles. The number of alkyl halides is 6. The van der Waals surface area contributed by atoms with Gasteiger partial charge in [-0.3, -0.25) is 14.3 Å². The monoisotopic (exact) mass is 588 g/mol. The fraction of sp³-hybridized carbons (Fsp3) is 0.160. The predicted molar refractivity (Wildman–Crippen MR) is 127 cm³/mol. The van der Waals surface area contributed by atoms with Crippen molar-refractivity contribution in [2.24, 2.45) is 7.05 Å². The number of ether oxygens (including phenoxy) is 2. The first-order valence-corrected chi connectivity index (χ1v) is 11.2. The predicted octanol–water partition coefficient (Wildman–Crippen LogP) is 5.69. The van der Waals surface area contributed by atoms with Crippen molar-refractivity contribution in [3.05, 3.63) is 87.8 Å². The van der Waals surface area contributed by atoms with Crippen molar-refractivity contribution in [3.63, 3.8) is 0 Å². The average Bonchev–Trinajstić information content (AvgIpc) is 3.11. The van der Waals surface area contributed by atoms with Gasteiger partial charge in [-0.05, 0) is 36.4 Å². The summed E-state index contributed by atoms with van der Waals surface area (Å²) < 4.78 is 117. The van der Waals surface area contributed by atoms with Gasteiger partial charge in [0.25, 0.3) is 11.5 Å². The highest BCUT2D eigenvalue weighted by Gasteiger charge is 2.34. The number of hydrogen-bond acceptors (Lipinski definition) is 5. The van der Waals surface area contributed by atoms with Gasteiger partial charge >= 0.3 is 12.5 Å². The molecule has 1 N–H and O–H groups in total. The van der Waals surface area contributed by atoms with Gasteiger partial charge in [0.2, 0.25) is 0 Å². The number of nitrogens with zero attached hydrogens (tertiary/aromatic N) is 3. The molecule has 0 aliphatic heterocycles. The molecule has 216 valence electrons. The maximum absolute atomic E-state index is 15.1. The molecule has 0 atom stereocenters. The molecule has 8 nitrogen and oxygen atoms in total. The average molecular weight is 588 g/mol. The highest BCUT2D eigenvalue weighted by Crippen LogP contribution is 2.35. The number of nitrogens with one attached hydrogen (secondary N) is 1. The third kappa shape index (κ3) is 6.00. The van der Waals surface area contributed by atoms with Crippen LogP contribution in [0, 0.1) is 11.6 Å². The van der Waals surface area contributed by atoms with Gasteiger partial charge in [0.1, 0.15) is 40.2 Å². The summed E-state index contributed by atoms with van der Waals surface area (Å²) in [5.41, 5.74) is -5.12. The van der Waals surface area contributed by atoms with Crippen LogP contribution in [0.25, 0.3) is 17.1 Å². The van der Waals surface area contributed by atoms with E-state index in [4.69, 9.17) is 4.74 Å². The molecule has 0 aliphatic rings. The Labute approximate surface area is 224 Å². The third-order valence-electron chi connectivity index (χ3n) is 5.59. The molecule has 0 bridgehead atoms. The number of rotatable bonds is 6. The highest BCUT2D eigenvalue weighted by atomic mass is 19.4. The number of amides is 1. The van der Waals surface area contributed by atoms with Crippen molar-refractivity contribution in [3.8, 4) is 28.6 Å². The van der Waals surface area contributed by atoms with Crippen LogP contribution >= 0.6 is 0 Å². The van der Waals surface area contributed by atoms with Crippen LogP contribution in [-0.4, -0.2) is 33.7 Å². The first-order valence-electron chi connectivity index (χ1n) is 11.2. The second kappa shape index (κ2) is 10.6. The fourth-order valence-corrected chi connectivity index (χ4v) is 3.85. The summed E-state index contributed by atoms with van der Waals surface area (Å²) in [5, 5.41) is 2.15. The first kappa shape index (κ1) is 29.1. The van der Waals surface area contributed by atoms with Crippen molar-refractivity contribution in [2.45, 2.75) is 12.5 Å². The summed E-state index contributed by atoms with van der Waals surface area (Å²) in [6, 6.07) is 7.59. The summed E-state index contributed by atoms with van der Waals surface area (Å²) in [4.78, 5) is 29.8.